The number of rotatable bonds is 5. The van der Waals surface area contributed by atoms with Crippen molar-refractivity contribution in [2.45, 2.75) is 19.3 Å². The molecule has 0 fully saturated rings. The molecule has 0 radical (unpaired) electrons. The van der Waals surface area contributed by atoms with E-state index in [2.05, 4.69) is 26.2 Å². The fraction of sp³-hybridized carbons (Fsp3) is 0.400. The van der Waals surface area contributed by atoms with E-state index in [4.69, 9.17) is 5.11 Å². The monoisotopic (exact) mass is 272 g/mol. The number of hydrogen-bond donors (Lipinski definition) is 2. The van der Waals surface area contributed by atoms with Crippen LogP contribution in [0.15, 0.2) is 22.9 Å². The fourth-order valence-corrected chi connectivity index (χ4v) is 1.31. The molecule has 82 valence electrons. The molecule has 0 spiro atoms. The Hall–Kier alpha value is -0.940. The third kappa shape index (κ3) is 4.90. The number of hydrogen-bond acceptors (Lipinski definition) is 3. The third-order valence-electron chi connectivity index (χ3n) is 1.82. The highest BCUT2D eigenvalue weighted by Crippen LogP contribution is 2.10. The number of anilines is 1. The second kappa shape index (κ2) is 6.53. The fourth-order valence-electron chi connectivity index (χ4n) is 1.07. The van der Waals surface area contributed by atoms with E-state index in [-0.39, 0.29) is 12.5 Å². The molecule has 0 unspecified atom stereocenters. The van der Waals surface area contributed by atoms with E-state index in [1.54, 1.807) is 18.3 Å². The van der Waals surface area contributed by atoms with E-state index in [1.807, 2.05) is 0 Å². The molecular formula is C10H13BrN2O2. The van der Waals surface area contributed by atoms with E-state index in [0.29, 0.717) is 24.9 Å². The average Bonchev–Trinajstić information content (AvgIpc) is 2.22. The molecule has 0 saturated carbocycles. The molecule has 0 bridgehead atoms. The maximum atomic E-state index is 11.3. The molecule has 0 saturated heterocycles. The Bertz CT molecular complexity index is 314. The topological polar surface area (TPSA) is 62.2 Å². The molecule has 1 aromatic rings. The van der Waals surface area contributed by atoms with E-state index in [1.165, 1.54) is 0 Å². The lowest BCUT2D eigenvalue weighted by Crippen LogP contribution is -2.11. The molecule has 0 aliphatic heterocycles. The van der Waals surface area contributed by atoms with Crippen LogP contribution in [-0.2, 0) is 4.79 Å². The number of nitrogens with zero attached hydrogens (tertiary/aromatic N) is 1. The minimum Gasteiger partial charge on any atom is -0.396 e. The van der Waals surface area contributed by atoms with Crippen LogP contribution in [-0.4, -0.2) is 22.6 Å². The van der Waals surface area contributed by atoms with Crippen LogP contribution in [0.3, 0.4) is 0 Å². The Morgan fingerprint density at radius 1 is 1.47 bits per heavy atom. The molecule has 0 aliphatic carbocycles. The zero-order valence-electron chi connectivity index (χ0n) is 8.24. The first kappa shape index (κ1) is 12.1. The van der Waals surface area contributed by atoms with Crippen molar-refractivity contribution >= 4 is 27.5 Å². The number of aliphatic hydroxyl groups excluding tert-OH is 1. The Kier molecular flexibility index (Phi) is 5.28. The van der Waals surface area contributed by atoms with E-state index >= 15 is 0 Å². The molecule has 1 aromatic heterocycles. The van der Waals surface area contributed by atoms with Gasteiger partial charge >= 0.3 is 0 Å². The number of aromatic nitrogens is 1. The zero-order chi connectivity index (χ0) is 11.1. The minimum absolute atomic E-state index is 0.0485. The van der Waals surface area contributed by atoms with Gasteiger partial charge in [-0.3, -0.25) is 4.79 Å². The number of halogens is 1. The van der Waals surface area contributed by atoms with Gasteiger partial charge in [-0.25, -0.2) is 4.98 Å². The standard InChI is InChI=1S/C10H13BrN2O2/c11-9-5-4-8(7-12-9)13-10(15)3-1-2-6-14/h4-5,7,14H,1-3,6H2,(H,13,15). The van der Waals surface area contributed by atoms with Crippen molar-refractivity contribution in [3.8, 4) is 0 Å². The highest BCUT2D eigenvalue weighted by molar-refractivity contribution is 9.10. The van der Waals surface area contributed by atoms with E-state index in [9.17, 15) is 4.79 Å². The predicted molar refractivity (Wildman–Crippen MR) is 61.5 cm³/mol. The van der Waals surface area contributed by atoms with Crippen LogP contribution in [0.1, 0.15) is 19.3 Å². The van der Waals surface area contributed by atoms with Gasteiger partial charge in [-0.05, 0) is 40.9 Å². The number of amides is 1. The number of pyridine rings is 1. The number of aliphatic hydroxyl groups is 1. The molecule has 1 rings (SSSR count). The molecule has 15 heavy (non-hydrogen) atoms. The van der Waals surface area contributed by atoms with Gasteiger partial charge in [-0.15, -0.1) is 0 Å². The van der Waals surface area contributed by atoms with Crippen LogP contribution in [0.2, 0.25) is 0 Å². The van der Waals surface area contributed by atoms with Crippen LogP contribution in [0, 0.1) is 0 Å². The Morgan fingerprint density at radius 2 is 2.27 bits per heavy atom. The Morgan fingerprint density at radius 3 is 2.87 bits per heavy atom. The number of nitrogens with one attached hydrogen (secondary N) is 1. The summed E-state index contributed by atoms with van der Waals surface area (Å²) in [4.78, 5) is 15.3. The van der Waals surface area contributed by atoms with Gasteiger partial charge in [-0.2, -0.15) is 0 Å². The highest BCUT2D eigenvalue weighted by Gasteiger charge is 2.01. The number of carbonyl (C=O) groups excluding carboxylic acids is 1. The molecule has 5 heteroatoms. The Balaban J connectivity index is 2.34. The molecule has 0 aromatic carbocycles. The van der Waals surface area contributed by atoms with Gasteiger partial charge in [0.15, 0.2) is 0 Å². The van der Waals surface area contributed by atoms with Gasteiger partial charge < -0.3 is 10.4 Å². The second-order valence-corrected chi connectivity index (χ2v) is 3.91. The van der Waals surface area contributed by atoms with Crippen molar-refractivity contribution in [2.75, 3.05) is 11.9 Å². The Labute approximate surface area is 96.8 Å². The van der Waals surface area contributed by atoms with Gasteiger partial charge in [-0.1, -0.05) is 0 Å². The summed E-state index contributed by atoms with van der Waals surface area (Å²) in [6.07, 6.45) is 3.38. The molecule has 1 heterocycles. The van der Waals surface area contributed by atoms with Crippen molar-refractivity contribution in [1.82, 2.24) is 4.98 Å². The minimum atomic E-state index is -0.0485. The smallest absolute Gasteiger partial charge is 0.224 e. The lowest BCUT2D eigenvalue weighted by atomic mass is 10.2. The van der Waals surface area contributed by atoms with Gasteiger partial charge in [0.25, 0.3) is 0 Å². The normalized spacial score (nSPS) is 10.0. The van der Waals surface area contributed by atoms with Gasteiger partial charge in [0.1, 0.15) is 4.60 Å². The van der Waals surface area contributed by atoms with Crippen molar-refractivity contribution < 1.29 is 9.90 Å². The lowest BCUT2D eigenvalue weighted by Gasteiger charge is -2.03. The van der Waals surface area contributed by atoms with Crippen molar-refractivity contribution in [3.05, 3.63) is 22.9 Å². The van der Waals surface area contributed by atoms with Crippen LogP contribution >= 0.6 is 15.9 Å². The maximum Gasteiger partial charge on any atom is 0.224 e. The molecule has 0 atom stereocenters. The van der Waals surface area contributed by atoms with Gasteiger partial charge in [0.2, 0.25) is 5.91 Å². The summed E-state index contributed by atoms with van der Waals surface area (Å²) in [7, 11) is 0. The van der Waals surface area contributed by atoms with Crippen molar-refractivity contribution in [1.29, 1.82) is 0 Å². The lowest BCUT2D eigenvalue weighted by molar-refractivity contribution is -0.116. The predicted octanol–water partition coefficient (Wildman–Crippen LogP) is 1.95. The summed E-state index contributed by atoms with van der Waals surface area (Å²) in [5.41, 5.74) is 0.687. The van der Waals surface area contributed by atoms with Crippen molar-refractivity contribution in [2.24, 2.45) is 0 Å². The van der Waals surface area contributed by atoms with Crippen LogP contribution in [0.25, 0.3) is 0 Å². The zero-order valence-corrected chi connectivity index (χ0v) is 9.83. The third-order valence-corrected chi connectivity index (χ3v) is 2.29. The number of unbranched alkanes of at least 4 members (excludes halogenated alkanes) is 1. The van der Waals surface area contributed by atoms with Gasteiger partial charge in [0.05, 0.1) is 11.9 Å². The number of carbonyl (C=O) groups is 1. The SMILES string of the molecule is O=C(CCCCO)Nc1ccc(Br)nc1. The molecule has 1 amide bonds. The van der Waals surface area contributed by atoms with E-state index in [0.717, 1.165) is 4.60 Å². The first-order chi connectivity index (χ1) is 7.22. The summed E-state index contributed by atoms with van der Waals surface area (Å²) >= 11 is 3.21. The van der Waals surface area contributed by atoms with E-state index < -0.39 is 0 Å². The summed E-state index contributed by atoms with van der Waals surface area (Å²) in [5, 5.41) is 11.3. The first-order valence-corrected chi connectivity index (χ1v) is 5.54. The molecular weight excluding hydrogens is 260 g/mol. The molecule has 0 aliphatic rings. The summed E-state index contributed by atoms with van der Waals surface area (Å²) in [5.74, 6) is -0.0485. The maximum absolute atomic E-state index is 11.3. The summed E-state index contributed by atoms with van der Waals surface area (Å²) in [6, 6.07) is 3.55. The van der Waals surface area contributed by atoms with Crippen LogP contribution in [0.5, 0.6) is 0 Å². The van der Waals surface area contributed by atoms with Crippen LogP contribution < -0.4 is 5.32 Å². The largest absolute Gasteiger partial charge is 0.396 e. The second-order valence-electron chi connectivity index (χ2n) is 3.10. The molecule has 2 N–H and O–H groups in total. The highest BCUT2D eigenvalue weighted by atomic mass is 79.9. The van der Waals surface area contributed by atoms with Gasteiger partial charge in [0, 0.05) is 13.0 Å². The summed E-state index contributed by atoms with van der Waals surface area (Å²) in [6.45, 7) is 0.132. The average molecular weight is 273 g/mol. The van der Waals surface area contributed by atoms with Crippen LogP contribution in [0.4, 0.5) is 5.69 Å². The quantitative estimate of drug-likeness (QED) is 0.636. The summed E-state index contributed by atoms with van der Waals surface area (Å²) < 4.78 is 0.737. The first-order valence-electron chi connectivity index (χ1n) is 4.74. The molecule has 4 nitrogen and oxygen atoms in total. The van der Waals surface area contributed by atoms with Crippen molar-refractivity contribution in [3.63, 3.8) is 0 Å².